The van der Waals surface area contributed by atoms with E-state index in [1.807, 2.05) is 41.6 Å². The first-order valence-electron chi connectivity index (χ1n) is 13.4. The van der Waals surface area contributed by atoms with Gasteiger partial charge in [0, 0.05) is 56.9 Å². The Morgan fingerprint density at radius 2 is 1.67 bits per heavy atom. The SMILES string of the molecule is CN1CCN(C(=O)c2cn(Cc3cncn3CCc3ccccc3F)cc2-c2cccc3ccccc23)CC1. The van der Waals surface area contributed by atoms with Crippen LogP contribution in [0.5, 0.6) is 0 Å². The summed E-state index contributed by atoms with van der Waals surface area (Å²) in [4.78, 5) is 22.4. The Balaban J connectivity index is 1.33. The largest absolute Gasteiger partial charge is 0.347 e. The molecule has 0 saturated carbocycles. The van der Waals surface area contributed by atoms with Crippen molar-refractivity contribution in [3.05, 3.63) is 114 Å². The van der Waals surface area contributed by atoms with Crippen LogP contribution < -0.4 is 0 Å². The van der Waals surface area contributed by atoms with Crippen LogP contribution in [0.4, 0.5) is 4.39 Å². The minimum absolute atomic E-state index is 0.0674. The molecule has 39 heavy (non-hydrogen) atoms. The molecule has 0 spiro atoms. The molecule has 0 unspecified atom stereocenters. The second-order valence-electron chi connectivity index (χ2n) is 10.3. The van der Waals surface area contributed by atoms with E-state index in [0.717, 1.165) is 53.8 Å². The van der Waals surface area contributed by atoms with Crippen LogP contribution in [0, 0.1) is 5.82 Å². The molecular weight excluding hydrogens is 489 g/mol. The van der Waals surface area contributed by atoms with Crippen LogP contribution in [0.3, 0.4) is 0 Å². The van der Waals surface area contributed by atoms with Gasteiger partial charge in [-0.25, -0.2) is 9.37 Å². The quantitative estimate of drug-likeness (QED) is 0.291. The number of hydrogen-bond donors (Lipinski definition) is 0. The highest BCUT2D eigenvalue weighted by Gasteiger charge is 2.25. The minimum atomic E-state index is -0.184. The molecule has 1 saturated heterocycles. The number of fused-ring (bicyclic) bond motifs is 1. The highest BCUT2D eigenvalue weighted by Crippen LogP contribution is 2.33. The fourth-order valence-electron chi connectivity index (χ4n) is 5.43. The second kappa shape index (κ2) is 10.9. The summed E-state index contributed by atoms with van der Waals surface area (Å²) >= 11 is 0. The van der Waals surface area contributed by atoms with Crippen molar-refractivity contribution in [2.75, 3.05) is 33.2 Å². The maximum atomic E-state index is 14.2. The highest BCUT2D eigenvalue weighted by atomic mass is 19.1. The van der Waals surface area contributed by atoms with E-state index >= 15 is 0 Å². The minimum Gasteiger partial charge on any atom is -0.347 e. The molecule has 6 rings (SSSR count). The van der Waals surface area contributed by atoms with Crippen molar-refractivity contribution in [1.29, 1.82) is 0 Å². The predicted molar refractivity (Wildman–Crippen MR) is 152 cm³/mol. The summed E-state index contributed by atoms with van der Waals surface area (Å²) < 4.78 is 18.3. The third-order valence-corrected chi connectivity index (χ3v) is 7.70. The van der Waals surface area contributed by atoms with Gasteiger partial charge in [-0.1, -0.05) is 60.7 Å². The summed E-state index contributed by atoms with van der Waals surface area (Å²) in [6.07, 6.45) is 8.28. The average Bonchev–Trinajstić information content (AvgIpc) is 3.59. The lowest BCUT2D eigenvalue weighted by atomic mass is 9.97. The molecule has 0 atom stereocenters. The fraction of sp³-hybridized carbons (Fsp3) is 0.250. The summed E-state index contributed by atoms with van der Waals surface area (Å²) in [5.74, 6) is -0.116. The van der Waals surface area contributed by atoms with Crippen LogP contribution in [-0.2, 0) is 19.5 Å². The summed E-state index contributed by atoms with van der Waals surface area (Å²) in [5, 5.41) is 2.27. The molecule has 6 nitrogen and oxygen atoms in total. The first kappa shape index (κ1) is 25.1. The molecule has 2 aromatic heterocycles. The Hall–Kier alpha value is -4.23. The number of nitrogens with zero attached hydrogens (tertiary/aromatic N) is 5. The Morgan fingerprint density at radius 1 is 0.897 bits per heavy atom. The van der Waals surface area contributed by atoms with E-state index in [1.54, 1.807) is 12.4 Å². The molecule has 0 radical (unpaired) electrons. The molecular formula is C32H32FN5O. The lowest BCUT2D eigenvalue weighted by molar-refractivity contribution is 0.0665. The summed E-state index contributed by atoms with van der Waals surface area (Å²) in [5.41, 5.74) is 4.40. The molecule has 0 bridgehead atoms. The summed E-state index contributed by atoms with van der Waals surface area (Å²) in [7, 11) is 2.09. The van der Waals surface area contributed by atoms with E-state index in [1.165, 1.54) is 6.07 Å². The third kappa shape index (κ3) is 5.22. The van der Waals surface area contributed by atoms with E-state index in [2.05, 4.69) is 62.6 Å². The summed E-state index contributed by atoms with van der Waals surface area (Å²) in [6.45, 7) is 4.37. The van der Waals surface area contributed by atoms with Gasteiger partial charge in [0.05, 0.1) is 24.1 Å². The molecule has 198 valence electrons. The normalized spacial score (nSPS) is 14.3. The number of hydrogen-bond acceptors (Lipinski definition) is 3. The smallest absolute Gasteiger partial charge is 0.256 e. The molecule has 1 amide bonds. The van der Waals surface area contributed by atoms with Crippen LogP contribution in [0.1, 0.15) is 21.6 Å². The van der Waals surface area contributed by atoms with E-state index < -0.39 is 0 Å². The van der Waals surface area contributed by atoms with Crippen LogP contribution >= 0.6 is 0 Å². The zero-order chi connectivity index (χ0) is 26.8. The van der Waals surface area contributed by atoms with E-state index in [9.17, 15) is 9.18 Å². The lowest BCUT2D eigenvalue weighted by Crippen LogP contribution is -2.47. The number of likely N-dealkylation sites (N-methyl/N-ethyl adjacent to an activating group) is 1. The van der Waals surface area contributed by atoms with Gasteiger partial charge >= 0.3 is 0 Å². The lowest BCUT2D eigenvalue weighted by Gasteiger charge is -2.32. The van der Waals surface area contributed by atoms with Gasteiger partial charge in [-0.3, -0.25) is 4.79 Å². The monoisotopic (exact) mass is 521 g/mol. The van der Waals surface area contributed by atoms with Gasteiger partial charge in [0.2, 0.25) is 0 Å². The molecule has 7 heteroatoms. The number of amides is 1. The van der Waals surface area contributed by atoms with Crippen molar-refractivity contribution < 1.29 is 9.18 Å². The first-order chi connectivity index (χ1) is 19.1. The van der Waals surface area contributed by atoms with E-state index in [4.69, 9.17) is 0 Å². The van der Waals surface area contributed by atoms with Crippen molar-refractivity contribution in [3.8, 4) is 11.1 Å². The Bertz CT molecular complexity index is 1610. The van der Waals surface area contributed by atoms with Gasteiger partial charge in [0.15, 0.2) is 0 Å². The van der Waals surface area contributed by atoms with E-state index in [0.29, 0.717) is 30.6 Å². The Labute approximate surface area is 227 Å². The number of rotatable bonds is 7. The Morgan fingerprint density at radius 3 is 2.51 bits per heavy atom. The maximum Gasteiger partial charge on any atom is 0.256 e. The molecule has 5 aromatic rings. The van der Waals surface area contributed by atoms with Crippen molar-refractivity contribution in [3.63, 3.8) is 0 Å². The zero-order valence-electron chi connectivity index (χ0n) is 22.1. The topological polar surface area (TPSA) is 46.3 Å². The number of imidazole rings is 1. The molecule has 0 aliphatic carbocycles. The predicted octanol–water partition coefficient (Wildman–Crippen LogP) is 5.32. The number of piperazine rings is 1. The maximum absolute atomic E-state index is 14.2. The highest BCUT2D eigenvalue weighted by molar-refractivity contribution is 6.06. The third-order valence-electron chi connectivity index (χ3n) is 7.70. The summed E-state index contributed by atoms with van der Waals surface area (Å²) in [6, 6.07) is 21.4. The molecule has 1 aliphatic heterocycles. The average molecular weight is 522 g/mol. The van der Waals surface area contributed by atoms with Crippen LogP contribution in [-0.4, -0.2) is 63.1 Å². The molecule has 3 aromatic carbocycles. The van der Waals surface area contributed by atoms with Crippen molar-refractivity contribution in [2.45, 2.75) is 19.5 Å². The van der Waals surface area contributed by atoms with Crippen molar-refractivity contribution >= 4 is 16.7 Å². The van der Waals surface area contributed by atoms with Gasteiger partial charge in [-0.15, -0.1) is 0 Å². The molecule has 3 heterocycles. The number of halogens is 1. The van der Waals surface area contributed by atoms with Gasteiger partial charge in [-0.05, 0) is 41.4 Å². The number of carbonyl (C=O) groups excluding carboxylic acids is 1. The number of aryl methyl sites for hydroxylation is 2. The molecule has 1 aliphatic rings. The second-order valence-corrected chi connectivity index (χ2v) is 10.3. The van der Waals surface area contributed by atoms with Gasteiger partial charge < -0.3 is 18.9 Å². The first-order valence-corrected chi connectivity index (χ1v) is 13.4. The number of aromatic nitrogens is 3. The Kier molecular flexibility index (Phi) is 6.99. The van der Waals surface area contributed by atoms with Gasteiger partial charge in [0.1, 0.15) is 5.82 Å². The van der Waals surface area contributed by atoms with Crippen LogP contribution in [0.25, 0.3) is 21.9 Å². The standard InChI is InChI=1S/C32H32FN5O/c1-35-15-17-37(18-16-35)32(39)30-22-36(21-29(30)28-11-6-9-24-7-2-4-10-27(24)28)20-26-19-34-23-38(26)14-13-25-8-3-5-12-31(25)33/h2-12,19,21-23H,13-18,20H2,1H3. The molecule has 1 fully saturated rings. The van der Waals surface area contributed by atoms with Crippen LogP contribution in [0.2, 0.25) is 0 Å². The van der Waals surface area contributed by atoms with Crippen molar-refractivity contribution in [2.24, 2.45) is 0 Å². The van der Waals surface area contributed by atoms with Gasteiger partial charge in [0.25, 0.3) is 5.91 Å². The zero-order valence-corrected chi connectivity index (χ0v) is 22.1. The van der Waals surface area contributed by atoms with E-state index in [-0.39, 0.29) is 11.7 Å². The molecule has 0 N–H and O–H groups in total. The number of carbonyl (C=O) groups is 1. The fourth-order valence-corrected chi connectivity index (χ4v) is 5.43. The van der Waals surface area contributed by atoms with Crippen LogP contribution in [0.15, 0.2) is 91.6 Å². The van der Waals surface area contributed by atoms with Gasteiger partial charge in [-0.2, -0.15) is 0 Å². The number of benzene rings is 3. The van der Waals surface area contributed by atoms with Crippen molar-refractivity contribution in [1.82, 2.24) is 23.9 Å².